The van der Waals surface area contributed by atoms with Crippen LogP contribution in [-0.4, -0.2) is 40.8 Å². The van der Waals surface area contributed by atoms with Gasteiger partial charge in [-0.15, -0.1) is 0 Å². The summed E-state index contributed by atoms with van der Waals surface area (Å²) in [6.07, 6.45) is 0.563. The van der Waals surface area contributed by atoms with Gasteiger partial charge in [0.05, 0.1) is 12.8 Å². The van der Waals surface area contributed by atoms with Gasteiger partial charge in [0.2, 0.25) is 11.8 Å². The number of methoxy groups -OCH3 is 1. The van der Waals surface area contributed by atoms with E-state index in [1.54, 1.807) is 12.0 Å². The van der Waals surface area contributed by atoms with Crippen molar-refractivity contribution in [1.82, 2.24) is 4.90 Å². The van der Waals surface area contributed by atoms with Gasteiger partial charge < -0.3 is 10.1 Å². The van der Waals surface area contributed by atoms with Crippen molar-refractivity contribution in [2.45, 2.75) is 18.1 Å². The average molecular weight is 496 g/mol. The summed E-state index contributed by atoms with van der Waals surface area (Å²) in [7, 11) is 1.60. The van der Waals surface area contributed by atoms with Crippen LogP contribution in [-0.2, 0) is 16.0 Å². The van der Waals surface area contributed by atoms with E-state index in [1.807, 2.05) is 24.3 Å². The molecule has 0 saturated carbocycles. The number of amidine groups is 1. The van der Waals surface area contributed by atoms with Gasteiger partial charge >= 0.3 is 0 Å². The van der Waals surface area contributed by atoms with Gasteiger partial charge in [-0.1, -0.05) is 23.9 Å². The number of anilines is 1. The molecule has 1 unspecified atom stereocenters. The van der Waals surface area contributed by atoms with E-state index < -0.39 is 16.9 Å². The van der Waals surface area contributed by atoms with E-state index in [0.717, 1.165) is 11.3 Å². The summed E-state index contributed by atoms with van der Waals surface area (Å²) in [6.45, 7) is 0.366. The molecule has 1 aliphatic heterocycles. The number of halogens is 2. The molecular formula is C26H23F2N3O3S. The number of carbonyl (C=O) groups excluding carboxylic acids is 2. The van der Waals surface area contributed by atoms with Crippen LogP contribution >= 0.6 is 11.8 Å². The number of thioether (sulfide) groups is 1. The smallest absolute Gasteiger partial charge is 0.238 e. The summed E-state index contributed by atoms with van der Waals surface area (Å²) in [5.41, 5.74) is 1.92. The predicted octanol–water partition coefficient (Wildman–Crippen LogP) is 5.18. The number of benzene rings is 3. The summed E-state index contributed by atoms with van der Waals surface area (Å²) in [4.78, 5) is 32.1. The van der Waals surface area contributed by atoms with Crippen molar-refractivity contribution in [2.75, 3.05) is 19.0 Å². The van der Waals surface area contributed by atoms with Gasteiger partial charge in [0.25, 0.3) is 0 Å². The van der Waals surface area contributed by atoms with Crippen LogP contribution in [0.25, 0.3) is 0 Å². The quantitative estimate of drug-likeness (QED) is 0.491. The van der Waals surface area contributed by atoms with Gasteiger partial charge in [0.1, 0.15) is 22.6 Å². The van der Waals surface area contributed by atoms with Crippen molar-refractivity contribution in [3.63, 3.8) is 0 Å². The Morgan fingerprint density at radius 3 is 2.29 bits per heavy atom. The molecule has 0 bridgehead atoms. The standard InChI is InChI=1S/C26H23F2N3O3S/c1-34-22-12-2-17(3-13-22)14-15-31-24(32)16-23(25(33)29-20-8-4-18(27)5-9-20)35-26(31)30-21-10-6-19(28)7-11-21/h2-13,23H,14-16H2,1H3,(H,29,33). The Morgan fingerprint density at radius 2 is 1.66 bits per heavy atom. The maximum atomic E-state index is 13.4. The van der Waals surface area contributed by atoms with Gasteiger partial charge in [-0.05, 0) is 72.6 Å². The molecule has 3 aromatic carbocycles. The largest absolute Gasteiger partial charge is 0.497 e. The molecule has 0 spiro atoms. The third kappa shape index (κ3) is 6.45. The van der Waals surface area contributed by atoms with Crippen LogP contribution in [0.3, 0.4) is 0 Å². The first-order chi connectivity index (χ1) is 16.9. The molecule has 0 aromatic heterocycles. The minimum atomic E-state index is -0.719. The molecule has 9 heteroatoms. The fourth-order valence-corrected chi connectivity index (χ4v) is 4.60. The van der Waals surface area contributed by atoms with Crippen molar-refractivity contribution >= 4 is 40.1 Å². The average Bonchev–Trinajstić information content (AvgIpc) is 2.86. The zero-order valence-corrected chi connectivity index (χ0v) is 19.7. The lowest BCUT2D eigenvalue weighted by molar-refractivity contribution is -0.129. The highest BCUT2D eigenvalue weighted by molar-refractivity contribution is 8.15. The molecule has 0 radical (unpaired) electrons. The van der Waals surface area contributed by atoms with E-state index in [9.17, 15) is 18.4 Å². The van der Waals surface area contributed by atoms with Crippen molar-refractivity contribution in [1.29, 1.82) is 0 Å². The lowest BCUT2D eigenvalue weighted by Crippen LogP contribution is -2.46. The minimum absolute atomic E-state index is 0.0112. The van der Waals surface area contributed by atoms with Crippen LogP contribution in [0.5, 0.6) is 5.75 Å². The van der Waals surface area contributed by atoms with Gasteiger partial charge in [-0.3, -0.25) is 14.5 Å². The Hall–Kier alpha value is -3.72. The maximum Gasteiger partial charge on any atom is 0.238 e. The number of hydrogen-bond acceptors (Lipinski definition) is 5. The Morgan fingerprint density at radius 1 is 1.03 bits per heavy atom. The number of nitrogens with one attached hydrogen (secondary N) is 1. The van der Waals surface area contributed by atoms with Crippen molar-refractivity contribution in [2.24, 2.45) is 4.99 Å². The van der Waals surface area contributed by atoms with Crippen LogP contribution in [0, 0.1) is 11.6 Å². The first-order valence-electron chi connectivity index (χ1n) is 10.9. The summed E-state index contributed by atoms with van der Waals surface area (Å²) >= 11 is 1.17. The lowest BCUT2D eigenvalue weighted by Gasteiger charge is -2.32. The molecule has 1 atom stereocenters. The minimum Gasteiger partial charge on any atom is -0.497 e. The number of nitrogens with zero attached hydrogens (tertiary/aromatic N) is 2. The highest BCUT2D eigenvalue weighted by Gasteiger charge is 2.35. The molecule has 1 N–H and O–H groups in total. The summed E-state index contributed by atoms with van der Waals surface area (Å²) in [5, 5.41) is 2.36. The van der Waals surface area contributed by atoms with Crippen LogP contribution in [0.1, 0.15) is 12.0 Å². The second kappa shape index (κ2) is 11.1. The van der Waals surface area contributed by atoms with E-state index in [0.29, 0.717) is 29.5 Å². The topological polar surface area (TPSA) is 71.0 Å². The maximum absolute atomic E-state index is 13.4. The number of ether oxygens (including phenoxy) is 1. The SMILES string of the molecule is COc1ccc(CCN2C(=O)CC(C(=O)Nc3ccc(F)cc3)SC2=Nc2ccc(F)cc2)cc1. The molecular weight excluding hydrogens is 472 g/mol. The molecule has 0 aliphatic carbocycles. The molecule has 35 heavy (non-hydrogen) atoms. The molecule has 1 fully saturated rings. The van der Waals surface area contributed by atoms with Gasteiger partial charge in [0.15, 0.2) is 5.17 Å². The Balaban J connectivity index is 1.53. The van der Waals surface area contributed by atoms with Crippen LogP contribution < -0.4 is 10.1 Å². The number of carbonyl (C=O) groups is 2. The molecule has 3 aromatic rings. The molecule has 4 rings (SSSR count). The van der Waals surface area contributed by atoms with E-state index in [4.69, 9.17) is 4.74 Å². The molecule has 6 nitrogen and oxygen atoms in total. The molecule has 180 valence electrons. The summed E-state index contributed by atoms with van der Waals surface area (Å²) < 4.78 is 31.7. The number of amides is 2. The van der Waals surface area contributed by atoms with Gasteiger partial charge in [-0.2, -0.15) is 0 Å². The zero-order chi connectivity index (χ0) is 24.8. The second-order valence-corrected chi connectivity index (χ2v) is 8.99. The van der Waals surface area contributed by atoms with E-state index in [1.165, 1.54) is 60.3 Å². The number of rotatable bonds is 7. The third-order valence-electron chi connectivity index (χ3n) is 5.38. The zero-order valence-electron chi connectivity index (χ0n) is 18.9. The highest BCUT2D eigenvalue weighted by atomic mass is 32.2. The fraction of sp³-hybridized carbons (Fsp3) is 0.192. The first kappa shape index (κ1) is 24.4. The van der Waals surface area contributed by atoms with E-state index >= 15 is 0 Å². The Bertz CT molecular complexity index is 1220. The van der Waals surface area contributed by atoms with Crippen LogP contribution in [0.2, 0.25) is 0 Å². The predicted molar refractivity (Wildman–Crippen MR) is 133 cm³/mol. The first-order valence-corrected chi connectivity index (χ1v) is 11.8. The van der Waals surface area contributed by atoms with Crippen LogP contribution in [0.4, 0.5) is 20.2 Å². The number of hydrogen-bond donors (Lipinski definition) is 1. The molecule has 1 heterocycles. The van der Waals surface area contributed by atoms with E-state index in [-0.39, 0.29) is 18.2 Å². The lowest BCUT2D eigenvalue weighted by atomic mass is 10.1. The third-order valence-corrected chi connectivity index (χ3v) is 6.57. The van der Waals surface area contributed by atoms with Crippen molar-refractivity contribution in [3.05, 3.63) is 90.0 Å². The molecule has 1 aliphatic rings. The Kier molecular flexibility index (Phi) is 7.77. The van der Waals surface area contributed by atoms with Crippen molar-refractivity contribution < 1.29 is 23.1 Å². The summed E-state index contributed by atoms with van der Waals surface area (Å²) in [6, 6.07) is 18.6. The summed E-state index contributed by atoms with van der Waals surface area (Å²) in [5.74, 6) is -0.679. The second-order valence-electron chi connectivity index (χ2n) is 7.82. The van der Waals surface area contributed by atoms with Gasteiger partial charge in [-0.25, -0.2) is 13.8 Å². The number of aliphatic imine (C=N–C) groups is 1. The molecule has 2 amide bonds. The normalized spacial score (nSPS) is 16.9. The van der Waals surface area contributed by atoms with Gasteiger partial charge in [0, 0.05) is 18.7 Å². The monoisotopic (exact) mass is 495 g/mol. The highest BCUT2D eigenvalue weighted by Crippen LogP contribution is 2.30. The van der Waals surface area contributed by atoms with Crippen molar-refractivity contribution in [3.8, 4) is 5.75 Å². The van der Waals surface area contributed by atoms with Crippen LogP contribution in [0.15, 0.2) is 77.8 Å². The Labute approximate surface area is 206 Å². The fourth-order valence-electron chi connectivity index (χ4n) is 3.48. The molecule has 1 saturated heterocycles. The van der Waals surface area contributed by atoms with E-state index in [2.05, 4.69) is 10.3 Å².